The third-order valence-corrected chi connectivity index (χ3v) is 2.10. The van der Waals surface area contributed by atoms with Crippen LogP contribution in [0.5, 0.6) is 0 Å². The lowest BCUT2D eigenvalue weighted by Crippen LogP contribution is -2.29. The van der Waals surface area contributed by atoms with Crippen LogP contribution in [0.1, 0.15) is 18.2 Å². The molecule has 0 spiro atoms. The molecule has 0 unspecified atom stereocenters. The molecular weight excluding hydrogens is 148 g/mol. The van der Waals surface area contributed by atoms with E-state index in [1.54, 1.807) is 0 Å². The SMILES string of the molecule is CCc1cc(C)c[n+]2cccn12. The monoisotopic (exact) mass is 161 g/mol. The zero-order chi connectivity index (χ0) is 8.55. The normalized spacial score (nSPS) is 10.8. The third-order valence-electron chi connectivity index (χ3n) is 2.10. The van der Waals surface area contributed by atoms with Crippen molar-refractivity contribution in [3.05, 3.63) is 42.0 Å². The van der Waals surface area contributed by atoms with Crippen molar-refractivity contribution in [2.24, 2.45) is 0 Å². The zero-order valence-corrected chi connectivity index (χ0v) is 7.49. The van der Waals surface area contributed by atoms with Crippen molar-refractivity contribution in [1.29, 1.82) is 0 Å². The topological polar surface area (TPSA) is 8.51 Å². The van der Waals surface area contributed by atoms with Gasteiger partial charge in [0.2, 0.25) is 12.4 Å². The molecule has 0 atom stereocenters. The highest BCUT2D eigenvalue weighted by Gasteiger charge is 2.04. The molecule has 0 fully saturated rings. The van der Waals surface area contributed by atoms with E-state index < -0.39 is 0 Å². The number of hydrogen-bond acceptors (Lipinski definition) is 0. The van der Waals surface area contributed by atoms with E-state index in [1.807, 2.05) is 0 Å². The smallest absolute Gasteiger partial charge is 0.127 e. The quantitative estimate of drug-likeness (QED) is 0.559. The summed E-state index contributed by atoms with van der Waals surface area (Å²) in [4.78, 5) is 0. The molecule has 12 heavy (non-hydrogen) atoms. The number of fused-ring (bicyclic) bond motifs is 1. The Morgan fingerprint density at radius 2 is 2.33 bits per heavy atom. The summed E-state index contributed by atoms with van der Waals surface area (Å²) in [7, 11) is 0. The molecule has 0 amide bonds. The van der Waals surface area contributed by atoms with Crippen LogP contribution < -0.4 is 4.52 Å². The maximum atomic E-state index is 2.22. The van der Waals surface area contributed by atoms with Crippen LogP contribution in [0.25, 0.3) is 0 Å². The van der Waals surface area contributed by atoms with Crippen molar-refractivity contribution in [1.82, 2.24) is 4.52 Å². The second-order valence-electron chi connectivity index (χ2n) is 3.08. The second-order valence-corrected chi connectivity index (χ2v) is 3.08. The molecule has 2 heteroatoms. The first-order chi connectivity index (χ1) is 5.81. The van der Waals surface area contributed by atoms with Gasteiger partial charge in [0.1, 0.15) is 0 Å². The van der Waals surface area contributed by atoms with Gasteiger partial charge >= 0.3 is 0 Å². The van der Waals surface area contributed by atoms with E-state index in [1.165, 1.54) is 11.3 Å². The Hall–Kier alpha value is -1.31. The first-order valence-electron chi connectivity index (χ1n) is 4.29. The van der Waals surface area contributed by atoms with Gasteiger partial charge in [-0.15, -0.1) is 4.52 Å². The van der Waals surface area contributed by atoms with E-state index in [0.717, 1.165) is 6.42 Å². The van der Waals surface area contributed by atoms with Crippen LogP contribution in [0.4, 0.5) is 0 Å². The van der Waals surface area contributed by atoms with Gasteiger partial charge in [-0.2, -0.15) is 0 Å². The fraction of sp³-hybridized carbons (Fsp3) is 0.300. The van der Waals surface area contributed by atoms with Crippen LogP contribution >= 0.6 is 0 Å². The van der Waals surface area contributed by atoms with E-state index in [-0.39, 0.29) is 0 Å². The largest absolute Gasteiger partial charge is 0.203 e. The lowest BCUT2D eigenvalue weighted by molar-refractivity contribution is -0.618. The highest BCUT2D eigenvalue weighted by atomic mass is 15.3. The molecule has 0 N–H and O–H groups in total. The fourth-order valence-corrected chi connectivity index (χ4v) is 1.55. The molecule has 0 saturated carbocycles. The van der Waals surface area contributed by atoms with Crippen molar-refractivity contribution in [3.8, 4) is 0 Å². The lowest BCUT2D eigenvalue weighted by Gasteiger charge is -1.97. The molecule has 0 aliphatic heterocycles. The molecule has 2 aromatic heterocycles. The second kappa shape index (κ2) is 2.63. The standard InChI is InChI=1S/C10H13N2/c1-3-10-7-9(2)8-11-5-4-6-12(10)11/h4-8H,3H2,1-2H3/q+1. The van der Waals surface area contributed by atoms with Crippen LogP contribution in [-0.4, -0.2) is 4.52 Å². The molecule has 62 valence electrons. The number of aromatic nitrogens is 2. The van der Waals surface area contributed by atoms with E-state index in [9.17, 15) is 0 Å². The van der Waals surface area contributed by atoms with Crippen molar-refractivity contribution in [2.75, 3.05) is 0 Å². The van der Waals surface area contributed by atoms with Crippen molar-refractivity contribution in [2.45, 2.75) is 20.3 Å². The number of nitrogens with zero attached hydrogens (tertiary/aromatic N) is 2. The maximum Gasteiger partial charge on any atom is 0.203 e. The van der Waals surface area contributed by atoms with Gasteiger partial charge in [0.15, 0.2) is 0 Å². The summed E-state index contributed by atoms with van der Waals surface area (Å²) in [5.74, 6) is 0. The number of aryl methyl sites for hydroxylation is 2. The predicted octanol–water partition coefficient (Wildman–Crippen LogP) is 1.40. The molecule has 2 aromatic rings. The summed E-state index contributed by atoms with van der Waals surface area (Å²) in [5, 5.41) is 0. The Morgan fingerprint density at radius 3 is 3.08 bits per heavy atom. The number of hydrogen-bond donors (Lipinski definition) is 0. The summed E-state index contributed by atoms with van der Waals surface area (Å²) in [6.45, 7) is 4.30. The van der Waals surface area contributed by atoms with Crippen molar-refractivity contribution >= 4 is 0 Å². The Labute approximate surface area is 72.1 Å². The number of rotatable bonds is 1. The van der Waals surface area contributed by atoms with Crippen LogP contribution in [0.3, 0.4) is 0 Å². The van der Waals surface area contributed by atoms with Crippen LogP contribution in [0.15, 0.2) is 30.7 Å². The molecule has 0 aliphatic carbocycles. The minimum absolute atomic E-state index is 1.07. The fourth-order valence-electron chi connectivity index (χ4n) is 1.55. The van der Waals surface area contributed by atoms with Crippen molar-refractivity contribution in [3.63, 3.8) is 0 Å². The highest BCUT2D eigenvalue weighted by Crippen LogP contribution is 2.00. The first kappa shape index (κ1) is 7.35. The summed E-state index contributed by atoms with van der Waals surface area (Å²) < 4.78 is 4.27. The minimum atomic E-state index is 1.07. The Kier molecular flexibility index (Phi) is 1.61. The summed E-state index contributed by atoms with van der Waals surface area (Å²) in [5.41, 5.74) is 2.66. The van der Waals surface area contributed by atoms with Gasteiger partial charge in [-0.25, -0.2) is 0 Å². The first-order valence-corrected chi connectivity index (χ1v) is 4.29. The van der Waals surface area contributed by atoms with Gasteiger partial charge in [0.25, 0.3) is 0 Å². The van der Waals surface area contributed by atoms with Gasteiger partial charge in [-0.1, -0.05) is 11.4 Å². The third kappa shape index (κ3) is 0.998. The highest BCUT2D eigenvalue weighted by molar-refractivity contribution is 5.10. The minimum Gasteiger partial charge on any atom is -0.127 e. The molecule has 0 bridgehead atoms. The Balaban J connectivity index is 2.80. The zero-order valence-electron chi connectivity index (χ0n) is 7.49. The van der Waals surface area contributed by atoms with Crippen LogP contribution in [-0.2, 0) is 6.42 Å². The molecule has 0 aliphatic rings. The average molecular weight is 161 g/mol. The molecule has 2 heterocycles. The predicted molar refractivity (Wildman–Crippen MR) is 47.2 cm³/mol. The average Bonchev–Trinajstić information content (AvgIpc) is 2.50. The Morgan fingerprint density at radius 1 is 1.50 bits per heavy atom. The van der Waals surface area contributed by atoms with Crippen LogP contribution in [0.2, 0.25) is 0 Å². The van der Waals surface area contributed by atoms with Gasteiger partial charge in [-0.3, -0.25) is 0 Å². The molecule has 0 saturated heterocycles. The van der Waals surface area contributed by atoms with E-state index in [2.05, 4.69) is 53.6 Å². The van der Waals surface area contributed by atoms with Gasteiger partial charge in [0, 0.05) is 11.6 Å². The molecular formula is C10H13N2+. The van der Waals surface area contributed by atoms with Gasteiger partial charge in [0.05, 0.1) is 11.9 Å². The van der Waals surface area contributed by atoms with E-state index in [4.69, 9.17) is 0 Å². The summed E-state index contributed by atoms with van der Waals surface area (Å²) in [6, 6.07) is 4.28. The maximum absolute atomic E-state index is 2.22. The Bertz CT molecular complexity index is 401. The molecule has 0 aromatic carbocycles. The van der Waals surface area contributed by atoms with E-state index in [0.29, 0.717) is 0 Å². The summed E-state index contributed by atoms with van der Waals surface area (Å²) >= 11 is 0. The van der Waals surface area contributed by atoms with Gasteiger partial charge in [-0.05, 0) is 19.4 Å². The van der Waals surface area contributed by atoms with Crippen LogP contribution in [0, 0.1) is 6.92 Å². The summed E-state index contributed by atoms with van der Waals surface area (Å²) in [6.07, 6.45) is 7.34. The molecule has 2 nitrogen and oxygen atoms in total. The van der Waals surface area contributed by atoms with E-state index >= 15 is 0 Å². The van der Waals surface area contributed by atoms with Gasteiger partial charge < -0.3 is 0 Å². The molecule has 2 rings (SSSR count). The molecule has 0 radical (unpaired) electrons. The van der Waals surface area contributed by atoms with Crippen molar-refractivity contribution < 1.29 is 4.52 Å². The lowest BCUT2D eigenvalue weighted by atomic mass is 10.2.